The second-order valence-corrected chi connectivity index (χ2v) is 18.8. The lowest BCUT2D eigenvalue weighted by molar-refractivity contribution is -0.157. The van der Waals surface area contributed by atoms with Crippen LogP contribution in [0.5, 0.6) is 0 Å². The number of rotatable bonds is 10. The molecule has 2 fully saturated rings. The molecule has 2 rings (SSSR count). The minimum Gasteiger partial charge on any atom is -0.414 e. The Morgan fingerprint density at radius 3 is 1.49 bits per heavy atom. The van der Waals surface area contributed by atoms with Crippen molar-refractivity contribution in [2.24, 2.45) is 11.8 Å². The summed E-state index contributed by atoms with van der Waals surface area (Å²) in [6.45, 7) is 33.5. The van der Waals surface area contributed by atoms with Gasteiger partial charge in [0.05, 0.1) is 36.6 Å². The van der Waals surface area contributed by atoms with Gasteiger partial charge in [-0.25, -0.2) is 0 Å². The van der Waals surface area contributed by atoms with Crippen LogP contribution in [-0.4, -0.2) is 84.0 Å². The lowest BCUT2D eigenvalue weighted by atomic mass is 9.84. The minimum absolute atomic E-state index is 0.119. The fourth-order valence-corrected chi connectivity index (χ4v) is 5.40. The summed E-state index contributed by atoms with van der Waals surface area (Å²) in [6.07, 6.45) is 1.88. The zero-order valence-electron chi connectivity index (χ0n) is 26.8. The quantitative estimate of drug-likeness (QED) is 0.242. The molecule has 3 N–H and O–H groups in total. The van der Waals surface area contributed by atoms with Crippen molar-refractivity contribution in [3.63, 3.8) is 0 Å². The molecule has 0 bridgehead atoms. The zero-order chi connectivity index (χ0) is 30.8. The van der Waals surface area contributed by atoms with Crippen LogP contribution in [0.4, 0.5) is 0 Å². The van der Waals surface area contributed by atoms with Gasteiger partial charge in [0.1, 0.15) is 12.2 Å². The Morgan fingerprint density at radius 2 is 1.15 bits per heavy atom. The Hall–Kier alpha value is -0.623. The van der Waals surface area contributed by atoms with Crippen molar-refractivity contribution >= 4 is 8.32 Å². The van der Waals surface area contributed by atoms with E-state index >= 15 is 0 Å². The minimum atomic E-state index is -1.86. The van der Waals surface area contributed by atoms with Gasteiger partial charge in [0.25, 0.3) is 0 Å². The molecule has 0 amide bonds. The van der Waals surface area contributed by atoms with Crippen molar-refractivity contribution in [1.29, 1.82) is 0 Å². The van der Waals surface area contributed by atoms with Crippen molar-refractivity contribution in [3.05, 3.63) is 25.3 Å². The summed E-state index contributed by atoms with van der Waals surface area (Å²) in [5.74, 6) is -1.74. The second kappa shape index (κ2) is 12.7. The van der Waals surface area contributed by atoms with Gasteiger partial charge in [-0.1, -0.05) is 46.8 Å². The molecule has 2 aliphatic heterocycles. The molecule has 230 valence electrons. The molecule has 0 unspecified atom stereocenters. The van der Waals surface area contributed by atoms with E-state index in [1.165, 1.54) is 6.08 Å². The van der Waals surface area contributed by atoms with Crippen molar-refractivity contribution in [2.75, 3.05) is 13.2 Å². The first-order valence-electron chi connectivity index (χ1n) is 14.0. The van der Waals surface area contributed by atoms with E-state index in [2.05, 4.69) is 47.0 Å². The lowest BCUT2D eigenvalue weighted by Gasteiger charge is -2.38. The Balaban J connectivity index is 0.000000416. The molecule has 0 aromatic carbocycles. The van der Waals surface area contributed by atoms with Crippen molar-refractivity contribution in [3.8, 4) is 0 Å². The van der Waals surface area contributed by atoms with E-state index < -0.39 is 37.2 Å². The van der Waals surface area contributed by atoms with E-state index in [1.807, 2.05) is 27.7 Å². The average molecular weight is 575 g/mol. The molecule has 8 nitrogen and oxygen atoms in total. The topological polar surface area (TPSA) is 107 Å². The maximum absolute atomic E-state index is 10.5. The van der Waals surface area contributed by atoms with Gasteiger partial charge in [0.2, 0.25) is 0 Å². The molecular weight excluding hydrogens is 516 g/mol. The summed E-state index contributed by atoms with van der Waals surface area (Å²) < 4.78 is 29.7. The molecule has 0 spiro atoms. The van der Waals surface area contributed by atoms with E-state index in [0.29, 0.717) is 6.61 Å². The molecule has 8 atom stereocenters. The van der Waals surface area contributed by atoms with Gasteiger partial charge in [-0.3, -0.25) is 0 Å². The highest BCUT2D eigenvalue weighted by Gasteiger charge is 2.49. The molecule has 0 aliphatic carbocycles. The summed E-state index contributed by atoms with van der Waals surface area (Å²) >= 11 is 0. The highest BCUT2D eigenvalue weighted by Crippen LogP contribution is 2.40. The normalized spacial score (nSPS) is 31.3. The number of hydrogen-bond donors (Lipinski definition) is 3. The second-order valence-electron chi connectivity index (χ2n) is 14.0. The van der Waals surface area contributed by atoms with E-state index in [4.69, 9.17) is 23.4 Å². The SMILES string of the molecule is C=C[C@](C)(O)[C@H](C)[C@H]1OC(C)(C)O[C@H]1CO.C=C[C@](C)(O)[C@H](C)[C@H]1OC(C)(C)O[C@H]1CO[Si](C)(C)C(C)(C)C. The lowest BCUT2D eigenvalue weighted by Crippen LogP contribution is -2.47. The number of ether oxygens (including phenoxy) is 4. The summed E-state index contributed by atoms with van der Waals surface area (Å²) in [5, 5.41) is 30.0. The third-order valence-electron chi connectivity index (χ3n) is 8.69. The van der Waals surface area contributed by atoms with E-state index in [-0.39, 0.29) is 41.8 Å². The third kappa shape index (κ3) is 9.44. The van der Waals surface area contributed by atoms with Gasteiger partial charge in [0, 0.05) is 11.8 Å². The van der Waals surface area contributed by atoms with Gasteiger partial charge in [0.15, 0.2) is 19.9 Å². The maximum Gasteiger partial charge on any atom is 0.192 e. The first kappa shape index (κ1) is 36.4. The van der Waals surface area contributed by atoms with Crippen molar-refractivity contribution in [2.45, 2.75) is 141 Å². The molecule has 0 radical (unpaired) electrons. The molecule has 39 heavy (non-hydrogen) atoms. The standard InChI is InChI=1S/C18H36O4Si.C12H22O4/c1-11-18(8,19)13(2)15-14(21-17(6,7)22-15)12-20-23(9,10)16(3,4)5;1-6-12(5,14)8(2)10-9(7-13)15-11(3,4)16-10/h11,13-15,19H,1,12H2,2-10H3;6,8-10,13-14H,1,7H2,2-5H3/t13-,14+,15-,18+;8-,9+,10-,12+/m11/s1. The third-order valence-corrected chi connectivity index (χ3v) is 13.2. The number of aliphatic hydroxyl groups is 3. The van der Waals surface area contributed by atoms with Gasteiger partial charge in [-0.15, -0.1) is 13.2 Å². The molecule has 2 heterocycles. The molecular formula is C30H58O8Si. The van der Waals surface area contributed by atoms with Gasteiger partial charge in [-0.2, -0.15) is 0 Å². The van der Waals surface area contributed by atoms with Crippen LogP contribution in [0, 0.1) is 11.8 Å². The van der Waals surface area contributed by atoms with Crippen LogP contribution >= 0.6 is 0 Å². The van der Waals surface area contributed by atoms with Crippen LogP contribution in [0.25, 0.3) is 0 Å². The summed E-state index contributed by atoms with van der Waals surface area (Å²) in [4.78, 5) is 0. The molecule has 0 aromatic rings. The van der Waals surface area contributed by atoms with Crippen LogP contribution in [0.3, 0.4) is 0 Å². The fourth-order valence-electron chi connectivity index (χ4n) is 4.39. The Morgan fingerprint density at radius 1 is 0.795 bits per heavy atom. The smallest absolute Gasteiger partial charge is 0.192 e. The van der Waals surface area contributed by atoms with Gasteiger partial charge < -0.3 is 38.7 Å². The first-order valence-corrected chi connectivity index (χ1v) is 16.9. The summed E-state index contributed by atoms with van der Waals surface area (Å²) in [7, 11) is -1.86. The Labute approximate surface area is 238 Å². The molecule has 2 saturated heterocycles. The monoisotopic (exact) mass is 574 g/mol. The van der Waals surface area contributed by atoms with Crippen molar-refractivity contribution < 1.29 is 38.7 Å². The van der Waals surface area contributed by atoms with Crippen molar-refractivity contribution in [1.82, 2.24) is 0 Å². The molecule has 2 aliphatic rings. The number of hydrogen-bond acceptors (Lipinski definition) is 8. The van der Waals surface area contributed by atoms with Gasteiger partial charge in [-0.05, 0) is 59.7 Å². The average Bonchev–Trinajstić information content (AvgIpc) is 3.30. The molecule has 0 aromatic heterocycles. The predicted octanol–water partition coefficient (Wildman–Crippen LogP) is 5.17. The van der Waals surface area contributed by atoms with Crippen LogP contribution in [0.1, 0.15) is 76.2 Å². The van der Waals surface area contributed by atoms with Crippen LogP contribution in [0.15, 0.2) is 25.3 Å². The molecule has 0 saturated carbocycles. The largest absolute Gasteiger partial charge is 0.414 e. The van der Waals surface area contributed by atoms with Crippen LogP contribution in [-0.2, 0) is 23.4 Å². The van der Waals surface area contributed by atoms with Crippen LogP contribution < -0.4 is 0 Å². The van der Waals surface area contributed by atoms with E-state index in [9.17, 15) is 15.3 Å². The highest BCUT2D eigenvalue weighted by atomic mass is 28.4. The summed E-state index contributed by atoms with van der Waals surface area (Å²) in [5.41, 5.74) is -2.05. The Bertz CT molecular complexity index is 814. The highest BCUT2D eigenvalue weighted by molar-refractivity contribution is 6.74. The van der Waals surface area contributed by atoms with E-state index in [0.717, 1.165) is 0 Å². The maximum atomic E-state index is 10.5. The van der Waals surface area contributed by atoms with E-state index in [1.54, 1.807) is 33.8 Å². The fraction of sp³-hybridized carbons (Fsp3) is 0.867. The molecule has 9 heteroatoms. The predicted molar refractivity (Wildman–Crippen MR) is 158 cm³/mol. The Kier molecular flexibility index (Phi) is 11.9. The first-order chi connectivity index (χ1) is 17.4. The number of aliphatic hydroxyl groups excluding tert-OH is 1. The van der Waals surface area contributed by atoms with Gasteiger partial charge >= 0.3 is 0 Å². The summed E-state index contributed by atoms with van der Waals surface area (Å²) in [6, 6.07) is 0. The zero-order valence-corrected chi connectivity index (χ0v) is 27.8. The van der Waals surface area contributed by atoms with Crippen LogP contribution in [0.2, 0.25) is 18.1 Å².